The highest BCUT2D eigenvalue weighted by Gasteiger charge is 2.28. The fourth-order valence-corrected chi connectivity index (χ4v) is 4.07. The van der Waals surface area contributed by atoms with Crippen molar-refractivity contribution in [3.05, 3.63) is 59.7 Å². The third kappa shape index (κ3) is 5.04. The Morgan fingerprint density at radius 3 is 2.00 bits per heavy atom. The molecule has 150 valence electrons. The van der Waals surface area contributed by atoms with Gasteiger partial charge in [0.1, 0.15) is 6.10 Å². The van der Waals surface area contributed by atoms with Crippen molar-refractivity contribution < 1.29 is 9.53 Å². The van der Waals surface area contributed by atoms with E-state index in [0.29, 0.717) is 11.8 Å². The van der Waals surface area contributed by atoms with Gasteiger partial charge in [-0.2, -0.15) is 0 Å². The van der Waals surface area contributed by atoms with Gasteiger partial charge in [-0.3, -0.25) is 4.79 Å². The van der Waals surface area contributed by atoms with Crippen LogP contribution in [0.15, 0.2) is 48.5 Å². The van der Waals surface area contributed by atoms with E-state index in [-0.39, 0.29) is 18.0 Å². The predicted molar refractivity (Wildman–Crippen MR) is 116 cm³/mol. The van der Waals surface area contributed by atoms with E-state index in [9.17, 15) is 4.79 Å². The molecule has 2 nitrogen and oxygen atoms in total. The molecule has 0 spiro atoms. The lowest BCUT2D eigenvalue weighted by atomic mass is 9.82. The zero-order valence-electron chi connectivity index (χ0n) is 17.8. The van der Waals surface area contributed by atoms with E-state index in [2.05, 4.69) is 69.3 Å². The van der Waals surface area contributed by atoms with Crippen molar-refractivity contribution in [2.75, 3.05) is 0 Å². The maximum Gasteiger partial charge on any atom is 0.309 e. The van der Waals surface area contributed by atoms with Crippen LogP contribution in [-0.4, -0.2) is 12.1 Å². The van der Waals surface area contributed by atoms with Gasteiger partial charge >= 0.3 is 5.97 Å². The second-order valence-corrected chi connectivity index (χ2v) is 8.57. The van der Waals surface area contributed by atoms with E-state index in [0.717, 1.165) is 32.1 Å². The summed E-state index contributed by atoms with van der Waals surface area (Å²) in [5.74, 6) is 0.946. The van der Waals surface area contributed by atoms with Crippen molar-refractivity contribution in [1.29, 1.82) is 0 Å². The third-order valence-corrected chi connectivity index (χ3v) is 6.59. The van der Waals surface area contributed by atoms with Crippen molar-refractivity contribution in [1.82, 2.24) is 0 Å². The molecule has 2 aromatic rings. The van der Waals surface area contributed by atoms with Crippen molar-refractivity contribution in [2.45, 2.75) is 71.8 Å². The molecule has 0 N–H and O–H groups in total. The van der Waals surface area contributed by atoms with Gasteiger partial charge in [-0.25, -0.2) is 0 Å². The maximum atomic E-state index is 12.3. The molecule has 0 amide bonds. The first kappa shape index (κ1) is 20.6. The first-order valence-corrected chi connectivity index (χ1v) is 10.9. The fourth-order valence-electron chi connectivity index (χ4n) is 4.07. The highest BCUT2D eigenvalue weighted by atomic mass is 16.5. The average molecular weight is 379 g/mol. The summed E-state index contributed by atoms with van der Waals surface area (Å²) in [6, 6.07) is 17.7. The van der Waals surface area contributed by atoms with Crippen molar-refractivity contribution >= 4 is 5.97 Å². The molecular formula is C26H34O2. The Morgan fingerprint density at radius 2 is 1.46 bits per heavy atom. The summed E-state index contributed by atoms with van der Waals surface area (Å²) in [5, 5.41) is 0. The van der Waals surface area contributed by atoms with Gasteiger partial charge in [-0.1, -0.05) is 81.3 Å². The van der Waals surface area contributed by atoms with E-state index in [1.807, 2.05) is 6.92 Å². The minimum absolute atomic E-state index is 0.00274. The van der Waals surface area contributed by atoms with Crippen molar-refractivity contribution in [3.8, 4) is 11.1 Å². The van der Waals surface area contributed by atoms with Crippen LogP contribution in [0.1, 0.15) is 69.9 Å². The van der Waals surface area contributed by atoms with Gasteiger partial charge < -0.3 is 4.74 Å². The van der Waals surface area contributed by atoms with Crippen molar-refractivity contribution in [3.63, 3.8) is 0 Å². The minimum atomic E-state index is -0.0137. The van der Waals surface area contributed by atoms with Gasteiger partial charge in [-0.15, -0.1) is 0 Å². The molecule has 0 aromatic heterocycles. The van der Waals surface area contributed by atoms with Crippen molar-refractivity contribution in [2.24, 2.45) is 11.8 Å². The SMILES string of the molecule is CCC(C)[C@H](C)C(=O)OC1CCC(c2ccc(-c3ccc(C)cc3)cc2)CC1. The molecule has 2 atom stereocenters. The van der Waals surface area contributed by atoms with E-state index < -0.39 is 0 Å². The number of ether oxygens (including phenoxy) is 1. The van der Waals surface area contributed by atoms with E-state index in [4.69, 9.17) is 4.74 Å². The number of aryl methyl sites for hydroxylation is 1. The van der Waals surface area contributed by atoms with Crippen LogP contribution in [0.3, 0.4) is 0 Å². The molecule has 1 aliphatic carbocycles. The molecule has 0 bridgehead atoms. The topological polar surface area (TPSA) is 26.3 Å². The molecule has 28 heavy (non-hydrogen) atoms. The molecule has 1 unspecified atom stereocenters. The Hall–Kier alpha value is -2.09. The summed E-state index contributed by atoms with van der Waals surface area (Å²) in [6.07, 6.45) is 5.26. The molecule has 1 fully saturated rings. The molecular weight excluding hydrogens is 344 g/mol. The van der Waals surface area contributed by atoms with Gasteiger partial charge in [0, 0.05) is 0 Å². The van der Waals surface area contributed by atoms with Crippen LogP contribution < -0.4 is 0 Å². The Balaban J connectivity index is 1.53. The molecule has 1 saturated carbocycles. The summed E-state index contributed by atoms with van der Waals surface area (Å²) in [5.41, 5.74) is 5.23. The Bertz CT molecular complexity index is 752. The highest BCUT2D eigenvalue weighted by Crippen LogP contribution is 2.35. The van der Waals surface area contributed by atoms with Crippen LogP contribution in [0, 0.1) is 18.8 Å². The average Bonchev–Trinajstić information content (AvgIpc) is 2.74. The number of carbonyl (C=O) groups excluding carboxylic acids is 1. The Labute approximate surface area is 170 Å². The zero-order valence-corrected chi connectivity index (χ0v) is 17.8. The monoisotopic (exact) mass is 378 g/mol. The van der Waals surface area contributed by atoms with Crippen LogP contribution in [0.25, 0.3) is 11.1 Å². The van der Waals surface area contributed by atoms with E-state index >= 15 is 0 Å². The molecule has 0 radical (unpaired) electrons. The number of hydrogen-bond donors (Lipinski definition) is 0. The molecule has 0 aliphatic heterocycles. The largest absolute Gasteiger partial charge is 0.462 e. The molecule has 0 heterocycles. The van der Waals surface area contributed by atoms with Gasteiger partial charge in [0.2, 0.25) is 0 Å². The Kier molecular flexibility index (Phi) is 6.93. The zero-order chi connectivity index (χ0) is 20.1. The summed E-state index contributed by atoms with van der Waals surface area (Å²) in [4.78, 5) is 12.3. The molecule has 2 heteroatoms. The summed E-state index contributed by atoms with van der Waals surface area (Å²) in [6.45, 7) is 8.37. The maximum absolute atomic E-state index is 12.3. The molecule has 0 saturated heterocycles. The lowest BCUT2D eigenvalue weighted by molar-refractivity contribution is -0.156. The van der Waals surface area contributed by atoms with Gasteiger partial charge in [0.25, 0.3) is 0 Å². The van der Waals surface area contributed by atoms with Crippen LogP contribution >= 0.6 is 0 Å². The third-order valence-electron chi connectivity index (χ3n) is 6.59. The number of esters is 1. The highest BCUT2D eigenvalue weighted by molar-refractivity contribution is 5.72. The van der Waals surface area contributed by atoms with Crippen LogP contribution in [0.5, 0.6) is 0 Å². The summed E-state index contributed by atoms with van der Waals surface area (Å²) >= 11 is 0. The van der Waals surface area contributed by atoms with Gasteiger partial charge in [-0.05, 0) is 61.1 Å². The standard InChI is InChI=1S/C26H34O2/c1-5-19(3)20(4)26(27)28-25-16-14-24(15-17-25)23-12-10-22(11-13-23)21-8-6-18(2)7-9-21/h6-13,19-20,24-25H,5,14-17H2,1-4H3/t19?,20-,24?,25?/m0/s1. The minimum Gasteiger partial charge on any atom is -0.462 e. The number of benzene rings is 2. The van der Waals surface area contributed by atoms with Crippen LogP contribution in [0.4, 0.5) is 0 Å². The normalized spacial score (nSPS) is 21.7. The predicted octanol–water partition coefficient (Wildman–Crippen LogP) is 6.91. The lowest BCUT2D eigenvalue weighted by Crippen LogP contribution is -2.29. The number of carbonyl (C=O) groups is 1. The molecule has 1 aliphatic rings. The summed E-state index contributed by atoms with van der Waals surface area (Å²) in [7, 11) is 0. The van der Waals surface area contributed by atoms with E-state index in [1.54, 1.807) is 0 Å². The quantitative estimate of drug-likeness (QED) is 0.510. The number of rotatable bonds is 6. The summed E-state index contributed by atoms with van der Waals surface area (Å²) < 4.78 is 5.81. The molecule has 2 aromatic carbocycles. The lowest BCUT2D eigenvalue weighted by Gasteiger charge is -2.30. The van der Waals surface area contributed by atoms with Gasteiger partial charge in [0.05, 0.1) is 5.92 Å². The Morgan fingerprint density at radius 1 is 0.929 bits per heavy atom. The van der Waals surface area contributed by atoms with Crippen LogP contribution in [0.2, 0.25) is 0 Å². The second kappa shape index (κ2) is 9.41. The van der Waals surface area contributed by atoms with E-state index in [1.165, 1.54) is 22.3 Å². The smallest absolute Gasteiger partial charge is 0.309 e. The van der Waals surface area contributed by atoms with Crippen LogP contribution in [-0.2, 0) is 9.53 Å². The second-order valence-electron chi connectivity index (χ2n) is 8.57. The number of hydrogen-bond acceptors (Lipinski definition) is 2. The first-order valence-electron chi connectivity index (χ1n) is 10.9. The van der Waals surface area contributed by atoms with Gasteiger partial charge in [0.15, 0.2) is 0 Å². The fraction of sp³-hybridized carbons (Fsp3) is 0.500. The first-order chi connectivity index (χ1) is 13.5. The molecule has 3 rings (SSSR count).